The zero-order valence-corrected chi connectivity index (χ0v) is 16.5. The summed E-state index contributed by atoms with van der Waals surface area (Å²) in [4.78, 5) is 19.8. The normalized spacial score (nSPS) is 15.1. The number of hydrogen-bond acceptors (Lipinski definition) is 7. The van der Waals surface area contributed by atoms with E-state index < -0.39 is 0 Å². The Hall–Kier alpha value is -2.78. The third kappa shape index (κ3) is 3.16. The first kappa shape index (κ1) is 17.3. The molecule has 0 unspecified atom stereocenters. The van der Waals surface area contributed by atoms with Gasteiger partial charge in [-0.1, -0.05) is 22.9 Å². The van der Waals surface area contributed by atoms with Crippen molar-refractivity contribution in [3.8, 4) is 5.00 Å². The fourth-order valence-corrected chi connectivity index (χ4v) is 4.20. The highest BCUT2D eigenvalue weighted by molar-refractivity contribution is 7.17. The number of nitrogens with one attached hydrogen (secondary N) is 2. The van der Waals surface area contributed by atoms with Crippen LogP contribution in [0.15, 0.2) is 35.3 Å². The van der Waals surface area contributed by atoms with Crippen LogP contribution in [-0.4, -0.2) is 30.2 Å². The van der Waals surface area contributed by atoms with E-state index in [0.717, 1.165) is 34.6 Å². The maximum absolute atomic E-state index is 12.5. The van der Waals surface area contributed by atoms with Crippen LogP contribution in [0.5, 0.6) is 0 Å². The van der Waals surface area contributed by atoms with Gasteiger partial charge in [-0.05, 0) is 54.5 Å². The van der Waals surface area contributed by atoms with E-state index in [1.807, 2.05) is 19.1 Å². The summed E-state index contributed by atoms with van der Waals surface area (Å²) in [5.41, 5.74) is 1.24. The minimum absolute atomic E-state index is 0.136. The van der Waals surface area contributed by atoms with Gasteiger partial charge in [0.15, 0.2) is 11.0 Å². The summed E-state index contributed by atoms with van der Waals surface area (Å²) in [6.07, 6.45) is 3.98. The molecular formula is C18H16ClN7OS. The zero-order chi connectivity index (χ0) is 19.3. The number of H-pyrrole nitrogens is 1. The van der Waals surface area contributed by atoms with E-state index in [-0.39, 0.29) is 11.6 Å². The lowest BCUT2D eigenvalue weighted by Gasteiger charge is -2.13. The van der Waals surface area contributed by atoms with Crippen LogP contribution < -0.4 is 10.9 Å². The second-order valence-corrected chi connectivity index (χ2v) is 8.32. The lowest BCUT2D eigenvalue weighted by Crippen LogP contribution is -2.19. The number of thiazole rings is 1. The number of fused-ring (bicyclic) bond motifs is 1. The molecule has 0 aliphatic heterocycles. The minimum Gasteiger partial charge on any atom is -0.355 e. The van der Waals surface area contributed by atoms with E-state index in [9.17, 15) is 4.79 Å². The van der Waals surface area contributed by atoms with Crippen molar-refractivity contribution >= 4 is 39.0 Å². The van der Waals surface area contributed by atoms with Crippen molar-refractivity contribution in [2.24, 2.45) is 0 Å². The minimum atomic E-state index is -0.233. The maximum Gasteiger partial charge on any atom is 0.253 e. The Labute approximate surface area is 168 Å². The second kappa shape index (κ2) is 6.68. The van der Waals surface area contributed by atoms with Gasteiger partial charge >= 0.3 is 0 Å². The number of nitrogens with zero attached hydrogens (tertiary/aromatic N) is 5. The molecular weight excluding hydrogens is 398 g/mol. The summed E-state index contributed by atoms with van der Waals surface area (Å²) in [7, 11) is 0. The molecule has 4 aromatic rings. The van der Waals surface area contributed by atoms with Crippen molar-refractivity contribution in [3.05, 3.63) is 57.2 Å². The summed E-state index contributed by atoms with van der Waals surface area (Å²) in [6, 6.07) is 7.02. The fourth-order valence-electron chi connectivity index (χ4n) is 3.16. The average Bonchev–Trinajstić information content (AvgIpc) is 3.21. The van der Waals surface area contributed by atoms with Gasteiger partial charge in [-0.3, -0.25) is 4.79 Å². The summed E-state index contributed by atoms with van der Waals surface area (Å²) >= 11 is 7.53. The van der Waals surface area contributed by atoms with Crippen LogP contribution in [0.25, 0.3) is 15.9 Å². The number of pyridine rings is 1. The van der Waals surface area contributed by atoms with Crippen molar-refractivity contribution in [3.63, 3.8) is 0 Å². The highest BCUT2D eigenvalue weighted by Crippen LogP contribution is 2.39. The maximum atomic E-state index is 12.5. The van der Waals surface area contributed by atoms with Gasteiger partial charge in [0, 0.05) is 27.4 Å². The zero-order valence-electron chi connectivity index (χ0n) is 14.9. The van der Waals surface area contributed by atoms with Crippen LogP contribution in [0, 0.1) is 0 Å². The predicted molar refractivity (Wildman–Crippen MR) is 108 cm³/mol. The topological polar surface area (TPSA) is 101 Å². The van der Waals surface area contributed by atoms with Gasteiger partial charge in [-0.25, -0.2) is 4.98 Å². The molecule has 0 amide bonds. The SMILES string of the molecule is C[C@H](Nc1ncc(-n2nnnc2C2CC2)s1)c1cc2cc(Cl)ccc2[nH]c1=O. The number of benzene rings is 1. The molecule has 1 fully saturated rings. The van der Waals surface area contributed by atoms with Crippen LogP contribution in [0.2, 0.25) is 5.02 Å². The fraction of sp³-hybridized carbons (Fsp3) is 0.278. The van der Waals surface area contributed by atoms with Crippen LogP contribution in [0.1, 0.15) is 43.1 Å². The number of hydrogen-bond donors (Lipinski definition) is 2. The molecule has 0 bridgehead atoms. The molecule has 1 saturated carbocycles. The highest BCUT2D eigenvalue weighted by atomic mass is 35.5. The number of halogens is 1. The van der Waals surface area contributed by atoms with Crippen molar-refractivity contribution in [2.45, 2.75) is 31.7 Å². The lowest BCUT2D eigenvalue weighted by atomic mass is 10.1. The van der Waals surface area contributed by atoms with Gasteiger partial charge in [0.1, 0.15) is 5.00 Å². The molecule has 0 saturated heterocycles. The van der Waals surface area contributed by atoms with Crippen LogP contribution in [0.4, 0.5) is 5.13 Å². The number of aromatic amines is 1. The van der Waals surface area contributed by atoms with Gasteiger partial charge < -0.3 is 10.3 Å². The van der Waals surface area contributed by atoms with Crippen molar-refractivity contribution < 1.29 is 0 Å². The van der Waals surface area contributed by atoms with Gasteiger partial charge in [0.05, 0.1) is 12.2 Å². The monoisotopic (exact) mass is 413 g/mol. The van der Waals surface area contributed by atoms with Gasteiger partial charge in [0.25, 0.3) is 5.56 Å². The third-order valence-electron chi connectivity index (χ3n) is 4.78. The summed E-state index contributed by atoms with van der Waals surface area (Å²) < 4.78 is 1.75. The first-order chi connectivity index (χ1) is 13.6. The Balaban J connectivity index is 1.41. The van der Waals surface area contributed by atoms with E-state index in [4.69, 9.17) is 11.6 Å². The Morgan fingerprint density at radius 1 is 1.36 bits per heavy atom. The van der Waals surface area contributed by atoms with Gasteiger partial charge in [0.2, 0.25) is 0 Å². The summed E-state index contributed by atoms with van der Waals surface area (Å²) in [6.45, 7) is 1.93. The number of tetrazole rings is 1. The van der Waals surface area contributed by atoms with E-state index >= 15 is 0 Å². The van der Waals surface area contributed by atoms with E-state index in [2.05, 4.69) is 30.8 Å². The smallest absolute Gasteiger partial charge is 0.253 e. The second-order valence-electron chi connectivity index (χ2n) is 6.88. The molecule has 1 aromatic carbocycles. The van der Waals surface area contributed by atoms with E-state index in [0.29, 0.717) is 21.6 Å². The van der Waals surface area contributed by atoms with Crippen LogP contribution >= 0.6 is 22.9 Å². The largest absolute Gasteiger partial charge is 0.355 e. The van der Waals surface area contributed by atoms with Crippen LogP contribution in [0.3, 0.4) is 0 Å². The Kier molecular flexibility index (Phi) is 4.13. The first-order valence-corrected chi connectivity index (χ1v) is 10.1. The molecule has 28 heavy (non-hydrogen) atoms. The molecule has 1 aliphatic rings. The summed E-state index contributed by atoms with van der Waals surface area (Å²) in [5, 5.41) is 18.4. The molecule has 1 atom stereocenters. The Bertz CT molecular complexity index is 1230. The summed E-state index contributed by atoms with van der Waals surface area (Å²) in [5.74, 6) is 1.32. The number of anilines is 1. The van der Waals surface area contributed by atoms with Crippen molar-refractivity contribution in [1.82, 2.24) is 30.2 Å². The quantitative estimate of drug-likeness (QED) is 0.517. The van der Waals surface area contributed by atoms with Gasteiger partial charge in [-0.2, -0.15) is 4.68 Å². The molecule has 3 aromatic heterocycles. The highest BCUT2D eigenvalue weighted by Gasteiger charge is 2.30. The molecule has 0 radical (unpaired) electrons. The third-order valence-corrected chi connectivity index (χ3v) is 5.92. The molecule has 142 valence electrons. The molecule has 8 nitrogen and oxygen atoms in total. The molecule has 3 heterocycles. The molecule has 1 aliphatic carbocycles. The van der Waals surface area contributed by atoms with E-state index in [1.165, 1.54) is 11.3 Å². The lowest BCUT2D eigenvalue weighted by molar-refractivity contribution is 0.772. The molecule has 0 spiro atoms. The molecule has 10 heteroatoms. The Morgan fingerprint density at radius 3 is 3.04 bits per heavy atom. The standard InChI is InChI=1S/C18H16ClN7OS/c1-9(13-7-11-6-12(19)4-5-14(11)22-17(13)27)21-18-20-8-15(28-18)26-16(10-2-3-10)23-24-25-26/h4-10H,2-3H2,1H3,(H,20,21)(H,22,27)/t9-/m0/s1. The van der Waals surface area contributed by atoms with Crippen LogP contribution in [-0.2, 0) is 0 Å². The molecule has 2 N–H and O–H groups in total. The molecule has 5 rings (SSSR count). The first-order valence-electron chi connectivity index (χ1n) is 8.92. The number of rotatable bonds is 5. The number of aromatic nitrogens is 6. The predicted octanol–water partition coefficient (Wildman–Crippen LogP) is 3.66. The van der Waals surface area contributed by atoms with Crippen molar-refractivity contribution in [2.75, 3.05) is 5.32 Å². The van der Waals surface area contributed by atoms with E-state index in [1.54, 1.807) is 23.0 Å². The van der Waals surface area contributed by atoms with Gasteiger partial charge in [-0.15, -0.1) is 5.10 Å². The van der Waals surface area contributed by atoms with Crippen molar-refractivity contribution in [1.29, 1.82) is 0 Å². The average molecular weight is 414 g/mol. The Morgan fingerprint density at radius 2 is 2.21 bits per heavy atom.